The lowest BCUT2D eigenvalue weighted by Crippen LogP contribution is -2.37. The van der Waals surface area contributed by atoms with Crippen LogP contribution in [0.25, 0.3) is 0 Å². The van der Waals surface area contributed by atoms with Crippen molar-refractivity contribution in [1.29, 1.82) is 0 Å². The largest absolute Gasteiger partial charge is 0.416 e. The molecule has 0 aliphatic heterocycles. The van der Waals surface area contributed by atoms with Gasteiger partial charge in [-0.05, 0) is 17.7 Å². The molecule has 0 radical (unpaired) electrons. The van der Waals surface area contributed by atoms with Crippen LogP contribution in [0.4, 0.5) is 35.1 Å². The number of alkyl halides is 8. The highest BCUT2D eigenvalue weighted by Crippen LogP contribution is 2.41. The van der Waals surface area contributed by atoms with Gasteiger partial charge in [-0.25, -0.2) is 8.78 Å². The van der Waals surface area contributed by atoms with Crippen molar-refractivity contribution in [2.75, 3.05) is 6.61 Å². The van der Waals surface area contributed by atoms with Crippen molar-refractivity contribution in [2.45, 2.75) is 24.3 Å². The second-order valence-corrected chi connectivity index (χ2v) is 4.19. The van der Waals surface area contributed by atoms with Gasteiger partial charge in [0.05, 0.1) is 17.2 Å². The molecule has 2 nitrogen and oxygen atoms in total. The van der Waals surface area contributed by atoms with Crippen LogP contribution < -0.4 is 5.73 Å². The second-order valence-electron chi connectivity index (χ2n) is 4.19. The molecule has 0 bridgehead atoms. The Morgan fingerprint density at radius 2 is 1.48 bits per heavy atom. The van der Waals surface area contributed by atoms with E-state index in [1.165, 1.54) is 0 Å². The molecule has 3 N–H and O–H groups in total. The summed E-state index contributed by atoms with van der Waals surface area (Å²) in [5.74, 6) is -4.11. The van der Waals surface area contributed by atoms with E-state index < -0.39 is 47.6 Å². The molecule has 0 amide bonds. The molecule has 0 spiro atoms. The Kier molecular flexibility index (Phi) is 4.54. The maximum atomic E-state index is 13.2. The van der Waals surface area contributed by atoms with Crippen molar-refractivity contribution in [1.82, 2.24) is 0 Å². The van der Waals surface area contributed by atoms with Crippen molar-refractivity contribution < 1.29 is 40.2 Å². The van der Waals surface area contributed by atoms with Crippen molar-refractivity contribution in [3.8, 4) is 0 Å². The van der Waals surface area contributed by atoms with E-state index in [1.807, 2.05) is 0 Å². The fraction of sp³-hybridized carbons (Fsp3) is 0.455. The Labute approximate surface area is 113 Å². The molecule has 120 valence electrons. The van der Waals surface area contributed by atoms with E-state index in [0.29, 0.717) is 0 Å². The monoisotopic (exact) mass is 323 g/mol. The zero-order valence-electron chi connectivity index (χ0n) is 10.1. The number of halogens is 8. The summed E-state index contributed by atoms with van der Waals surface area (Å²) in [4.78, 5) is 0. The zero-order valence-corrected chi connectivity index (χ0v) is 10.1. The molecular weight excluding hydrogens is 314 g/mol. The van der Waals surface area contributed by atoms with Crippen LogP contribution in [0.5, 0.6) is 0 Å². The van der Waals surface area contributed by atoms with Crippen LogP contribution in [0.1, 0.15) is 22.7 Å². The van der Waals surface area contributed by atoms with Crippen LogP contribution in [0, 0.1) is 0 Å². The Hall–Kier alpha value is -1.42. The van der Waals surface area contributed by atoms with Gasteiger partial charge < -0.3 is 10.8 Å². The maximum absolute atomic E-state index is 13.2. The summed E-state index contributed by atoms with van der Waals surface area (Å²) < 4.78 is 102. The molecule has 0 aliphatic rings. The number of rotatable bonds is 3. The summed E-state index contributed by atoms with van der Waals surface area (Å²) in [6.07, 6.45) is -10.4. The van der Waals surface area contributed by atoms with Crippen molar-refractivity contribution >= 4 is 0 Å². The molecule has 0 aliphatic carbocycles. The van der Waals surface area contributed by atoms with Gasteiger partial charge in [0.15, 0.2) is 0 Å². The van der Waals surface area contributed by atoms with E-state index in [2.05, 4.69) is 0 Å². The Morgan fingerprint density at radius 1 is 0.952 bits per heavy atom. The third-order valence-electron chi connectivity index (χ3n) is 2.69. The van der Waals surface area contributed by atoms with Crippen LogP contribution >= 0.6 is 0 Å². The minimum atomic E-state index is -5.31. The second kappa shape index (κ2) is 5.41. The molecule has 1 aromatic carbocycles. The van der Waals surface area contributed by atoms with Crippen LogP contribution in [0.3, 0.4) is 0 Å². The fourth-order valence-corrected chi connectivity index (χ4v) is 1.58. The molecule has 0 saturated heterocycles. The summed E-state index contributed by atoms with van der Waals surface area (Å²) in [5, 5.41) is 8.41. The molecule has 1 rings (SSSR count). The Bertz CT molecular complexity index is 508. The summed E-state index contributed by atoms with van der Waals surface area (Å²) in [5.41, 5.74) is 0.162. The lowest BCUT2D eigenvalue weighted by atomic mass is 9.94. The van der Waals surface area contributed by atoms with Crippen molar-refractivity contribution in [3.63, 3.8) is 0 Å². The molecule has 21 heavy (non-hydrogen) atoms. The molecule has 0 heterocycles. The lowest BCUT2D eigenvalue weighted by molar-refractivity contribution is -0.144. The molecule has 0 fully saturated rings. The molecule has 0 aromatic heterocycles. The summed E-state index contributed by atoms with van der Waals surface area (Å²) >= 11 is 0. The topological polar surface area (TPSA) is 46.2 Å². The predicted octanol–water partition coefficient (Wildman–Crippen LogP) is 3.35. The number of hydrogen-bond donors (Lipinski definition) is 2. The number of nitrogens with two attached hydrogens (primary N) is 1. The first-order valence-electron chi connectivity index (χ1n) is 5.33. The Balaban J connectivity index is 3.47. The lowest BCUT2D eigenvalue weighted by Gasteiger charge is -2.25. The average Bonchev–Trinajstić information content (AvgIpc) is 2.35. The van der Waals surface area contributed by atoms with Crippen LogP contribution in [-0.2, 0) is 12.4 Å². The summed E-state index contributed by atoms with van der Waals surface area (Å²) in [6.45, 7) is -1.84. The molecular formula is C11H9F8NO. The van der Waals surface area contributed by atoms with Gasteiger partial charge in [0.25, 0.3) is 5.92 Å². The average molecular weight is 323 g/mol. The highest BCUT2D eigenvalue weighted by Gasteiger charge is 2.44. The van der Waals surface area contributed by atoms with Gasteiger partial charge in [-0.3, -0.25) is 0 Å². The minimum Gasteiger partial charge on any atom is -0.390 e. The quantitative estimate of drug-likeness (QED) is 0.838. The highest BCUT2D eigenvalue weighted by atomic mass is 19.4. The van der Waals surface area contributed by atoms with Gasteiger partial charge in [0.1, 0.15) is 6.61 Å². The standard InChI is InChI=1S/C11H9F8NO/c12-9(13,4-21)8(20)6-2-1-5(10(14,15)16)3-7(6)11(17,18)19/h1-3,8,21H,4,20H2/t8-/m1/s1. The van der Waals surface area contributed by atoms with Crippen LogP contribution in [0.2, 0.25) is 0 Å². The number of aliphatic hydroxyl groups is 1. The minimum absolute atomic E-state index is 0.220. The van der Waals surface area contributed by atoms with Crippen LogP contribution in [-0.4, -0.2) is 17.6 Å². The zero-order chi connectivity index (χ0) is 16.6. The highest BCUT2D eigenvalue weighted by molar-refractivity contribution is 5.38. The van der Waals surface area contributed by atoms with Crippen LogP contribution in [0.15, 0.2) is 18.2 Å². The number of benzene rings is 1. The third-order valence-corrected chi connectivity index (χ3v) is 2.69. The first-order valence-corrected chi connectivity index (χ1v) is 5.33. The van der Waals surface area contributed by atoms with E-state index in [-0.39, 0.29) is 18.2 Å². The van der Waals surface area contributed by atoms with Gasteiger partial charge in [0.2, 0.25) is 0 Å². The van der Waals surface area contributed by atoms with Crippen molar-refractivity contribution in [2.24, 2.45) is 5.73 Å². The van der Waals surface area contributed by atoms with E-state index in [4.69, 9.17) is 10.8 Å². The van der Waals surface area contributed by atoms with E-state index >= 15 is 0 Å². The predicted molar refractivity (Wildman–Crippen MR) is 55.4 cm³/mol. The van der Waals surface area contributed by atoms with Crippen molar-refractivity contribution in [3.05, 3.63) is 34.9 Å². The number of aliphatic hydroxyl groups excluding tert-OH is 1. The van der Waals surface area contributed by atoms with Gasteiger partial charge in [-0.15, -0.1) is 0 Å². The Morgan fingerprint density at radius 3 is 1.86 bits per heavy atom. The molecule has 0 unspecified atom stereocenters. The number of hydrogen-bond acceptors (Lipinski definition) is 2. The van der Waals surface area contributed by atoms with E-state index in [1.54, 1.807) is 0 Å². The van der Waals surface area contributed by atoms with Gasteiger partial charge in [0, 0.05) is 0 Å². The van der Waals surface area contributed by atoms with E-state index in [0.717, 1.165) is 0 Å². The third kappa shape index (κ3) is 3.82. The fourth-order valence-electron chi connectivity index (χ4n) is 1.58. The van der Waals surface area contributed by atoms with Gasteiger partial charge in [-0.2, -0.15) is 26.3 Å². The van der Waals surface area contributed by atoms with Gasteiger partial charge >= 0.3 is 12.4 Å². The first-order chi connectivity index (χ1) is 9.30. The molecule has 0 saturated carbocycles. The normalized spacial score (nSPS) is 15.1. The summed E-state index contributed by atoms with van der Waals surface area (Å²) in [7, 11) is 0. The SMILES string of the molecule is N[C@H](c1ccc(C(F)(F)F)cc1C(F)(F)F)C(F)(F)CO. The van der Waals surface area contributed by atoms with E-state index in [9.17, 15) is 35.1 Å². The molecule has 10 heteroatoms. The molecule has 1 atom stereocenters. The smallest absolute Gasteiger partial charge is 0.390 e. The first kappa shape index (κ1) is 17.6. The van der Waals surface area contributed by atoms with Gasteiger partial charge in [-0.1, -0.05) is 6.07 Å². The maximum Gasteiger partial charge on any atom is 0.416 e. The molecule has 1 aromatic rings. The summed E-state index contributed by atoms with van der Waals surface area (Å²) in [6, 6.07) is -2.43.